The molecule has 0 heterocycles. The number of benzene rings is 1. The summed E-state index contributed by atoms with van der Waals surface area (Å²) in [6, 6.07) is 3.87. The lowest BCUT2D eigenvalue weighted by atomic mass is 10.2. The van der Waals surface area contributed by atoms with Crippen LogP contribution in [-0.2, 0) is 9.53 Å². The molecule has 0 aliphatic heterocycles. The van der Waals surface area contributed by atoms with Gasteiger partial charge in [0.25, 0.3) is 0 Å². The maximum absolute atomic E-state index is 12.9. The normalized spacial score (nSPS) is 10.2. The van der Waals surface area contributed by atoms with Gasteiger partial charge in [-0.05, 0) is 18.2 Å². The van der Waals surface area contributed by atoms with E-state index < -0.39 is 5.82 Å². The van der Waals surface area contributed by atoms with Gasteiger partial charge in [-0.25, -0.2) is 4.39 Å². The zero-order valence-electron chi connectivity index (χ0n) is 9.53. The van der Waals surface area contributed by atoms with Crippen LogP contribution in [0.4, 0.5) is 15.8 Å². The lowest BCUT2D eigenvalue weighted by Gasteiger charge is -2.07. The van der Waals surface area contributed by atoms with Crippen molar-refractivity contribution in [3.8, 4) is 0 Å². The molecule has 0 fully saturated rings. The average Bonchev–Trinajstić information content (AvgIpc) is 2.29. The van der Waals surface area contributed by atoms with Crippen molar-refractivity contribution in [2.75, 3.05) is 36.3 Å². The molecule has 0 saturated heterocycles. The molecule has 6 heteroatoms. The van der Waals surface area contributed by atoms with Gasteiger partial charge in [0, 0.05) is 12.9 Å². The summed E-state index contributed by atoms with van der Waals surface area (Å²) in [4.78, 5) is 11.5. The van der Waals surface area contributed by atoms with Crippen LogP contribution >= 0.6 is 11.8 Å². The van der Waals surface area contributed by atoms with E-state index in [0.29, 0.717) is 23.7 Å². The van der Waals surface area contributed by atoms with Crippen LogP contribution in [0.2, 0.25) is 0 Å². The molecule has 0 aromatic heterocycles. The van der Waals surface area contributed by atoms with Gasteiger partial charge in [-0.1, -0.05) is 0 Å². The van der Waals surface area contributed by atoms with Crippen LogP contribution in [0.1, 0.15) is 0 Å². The summed E-state index contributed by atoms with van der Waals surface area (Å²) >= 11 is 1.44. The second-order valence-corrected chi connectivity index (χ2v) is 4.43. The van der Waals surface area contributed by atoms with Crippen molar-refractivity contribution < 1.29 is 13.9 Å². The average molecular weight is 258 g/mol. The Morgan fingerprint density at radius 1 is 1.59 bits per heavy atom. The lowest BCUT2D eigenvalue weighted by molar-refractivity contribution is -0.113. The smallest absolute Gasteiger partial charge is 0.234 e. The molecule has 0 atom stereocenters. The molecule has 1 rings (SSSR count). The third kappa shape index (κ3) is 5.06. The number of nitrogen functional groups attached to an aromatic ring is 1. The first-order valence-electron chi connectivity index (χ1n) is 5.05. The molecule has 0 unspecified atom stereocenters. The number of hydrogen-bond acceptors (Lipinski definition) is 4. The largest absolute Gasteiger partial charge is 0.397 e. The summed E-state index contributed by atoms with van der Waals surface area (Å²) in [7, 11) is 1.61. The van der Waals surface area contributed by atoms with Crippen LogP contribution in [0.25, 0.3) is 0 Å². The van der Waals surface area contributed by atoms with Crippen LogP contribution < -0.4 is 11.1 Å². The van der Waals surface area contributed by atoms with E-state index in [4.69, 9.17) is 10.5 Å². The van der Waals surface area contributed by atoms with Crippen LogP contribution in [0, 0.1) is 5.82 Å². The minimum atomic E-state index is -0.429. The second kappa shape index (κ2) is 7.13. The Morgan fingerprint density at radius 3 is 3.06 bits per heavy atom. The number of thioether (sulfide) groups is 1. The van der Waals surface area contributed by atoms with Crippen molar-refractivity contribution in [2.45, 2.75) is 0 Å². The van der Waals surface area contributed by atoms with Crippen molar-refractivity contribution >= 4 is 29.0 Å². The Bertz CT molecular complexity index is 388. The Labute approximate surface area is 104 Å². The van der Waals surface area contributed by atoms with Gasteiger partial charge in [0.1, 0.15) is 5.82 Å². The van der Waals surface area contributed by atoms with Gasteiger partial charge in [0.2, 0.25) is 5.91 Å². The van der Waals surface area contributed by atoms with E-state index >= 15 is 0 Å². The van der Waals surface area contributed by atoms with Gasteiger partial charge in [0.15, 0.2) is 0 Å². The fraction of sp³-hybridized carbons (Fsp3) is 0.364. The first-order valence-corrected chi connectivity index (χ1v) is 6.20. The minimum Gasteiger partial charge on any atom is -0.397 e. The van der Waals surface area contributed by atoms with Gasteiger partial charge in [-0.3, -0.25) is 4.79 Å². The monoisotopic (exact) mass is 258 g/mol. The molecule has 1 aromatic rings. The Hall–Kier alpha value is -1.27. The molecule has 0 spiro atoms. The molecule has 1 aromatic carbocycles. The molecule has 0 radical (unpaired) electrons. The highest BCUT2D eigenvalue weighted by atomic mass is 32.2. The van der Waals surface area contributed by atoms with Crippen molar-refractivity contribution in [1.82, 2.24) is 0 Å². The van der Waals surface area contributed by atoms with Crippen molar-refractivity contribution in [2.24, 2.45) is 0 Å². The van der Waals surface area contributed by atoms with E-state index in [1.165, 1.54) is 30.0 Å². The lowest BCUT2D eigenvalue weighted by Crippen LogP contribution is -2.16. The van der Waals surface area contributed by atoms with E-state index in [1.54, 1.807) is 7.11 Å². The highest BCUT2D eigenvalue weighted by Crippen LogP contribution is 2.19. The number of carbonyl (C=O) groups excluding carboxylic acids is 1. The fourth-order valence-corrected chi connectivity index (χ4v) is 1.82. The molecule has 0 aliphatic rings. The maximum atomic E-state index is 12.9. The van der Waals surface area contributed by atoms with Crippen LogP contribution in [-0.4, -0.2) is 31.1 Å². The minimum absolute atomic E-state index is 0.205. The van der Waals surface area contributed by atoms with Crippen molar-refractivity contribution in [3.05, 3.63) is 24.0 Å². The summed E-state index contributed by atoms with van der Waals surface area (Å²) in [5, 5.41) is 2.56. The zero-order valence-corrected chi connectivity index (χ0v) is 10.3. The SMILES string of the molecule is COCCSCC(=O)Nc1cc(F)ccc1N. The van der Waals surface area contributed by atoms with E-state index in [1.807, 2.05) is 0 Å². The van der Waals surface area contributed by atoms with Crippen LogP contribution in [0.15, 0.2) is 18.2 Å². The number of ether oxygens (including phenoxy) is 1. The summed E-state index contributed by atoms with van der Waals surface area (Å²) in [6.07, 6.45) is 0. The number of amides is 1. The Balaban J connectivity index is 2.42. The van der Waals surface area contributed by atoms with E-state index in [0.717, 1.165) is 5.75 Å². The number of hydrogen-bond donors (Lipinski definition) is 2. The van der Waals surface area contributed by atoms with Gasteiger partial charge < -0.3 is 15.8 Å². The number of methoxy groups -OCH3 is 1. The Morgan fingerprint density at radius 2 is 2.35 bits per heavy atom. The van der Waals surface area contributed by atoms with E-state index in [-0.39, 0.29) is 5.91 Å². The number of nitrogens with one attached hydrogen (secondary N) is 1. The quantitative estimate of drug-likeness (QED) is 0.602. The predicted octanol–water partition coefficient (Wildman–Crippen LogP) is 1.73. The van der Waals surface area contributed by atoms with E-state index in [2.05, 4.69) is 5.32 Å². The van der Waals surface area contributed by atoms with Gasteiger partial charge >= 0.3 is 0 Å². The summed E-state index contributed by atoms with van der Waals surface area (Å²) in [5.74, 6) is 0.395. The van der Waals surface area contributed by atoms with Crippen molar-refractivity contribution in [3.63, 3.8) is 0 Å². The molecule has 0 saturated carbocycles. The molecular formula is C11H15FN2O2S. The predicted molar refractivity (Wildman–Crippen MR) is 68.6 cm³/mol. The number of anilines is 2. The third-order valence-corrected chi connectivity index (χ3v) is 2.88. The fourth-order valence-electron chi connectivity index (χ4n) is 1.13. The summed E-state index contributed by atoms with van der Waals surface area (Å²) < 4.78 is 17.8. The van der Waals surface area contributed by atoms with Crippen molar-refractivity contribution in [1.29, 1.82) is 0 Å². The topological polar surface area (TPSA) is 64.3 Å². The molecule has 0 aliphatic carbocycles. The first-order chi connectivity index (χ1) is 8.13. The highest BCUT2D eigenvalue weighted by molar-refractivity contribution is 7.99. The number of nitrogens with two attached hydrogens (primary N) is 1. The van der Waals surface area contributed by atoms with Gasteiger partial charge in [0.05, 0.1) is 23.7 Å². The summed E-state index contributed by atoms with van der Waals surface area (Å²) in [6.45, 7) is 0.597. The second-order valence-electron chi connectivity index (χ2n) is 3.33. The molecule has 0 bridgehead atoms. The van der Waals surface area contributed by atoms with Gasteiger partial charge in [-0.15, -0.1) is 11.8 Å². The molecular weight excluding hydrogens is 243 g/mol. The van der Waals surface area contributed by atoms with Crippen LogP contribution in [0.3, 0.4) is 0 Å². The Kier molecular flexibility index (Phi) is 5.79. The molecule has 94 valence electrons. The van der Waals surface area contributed by atoms with Gasteiger partial charge in [-0.2, -0.15) is 0 Å². The number of rotatable bonds is 6. The van der Waals surface area contributed by atoms with E-state index in [9.17, 15) is 9.18 Å². The molecule has 1 amide bonds. The number of carbonyl (C=O) groups is 1. The molecule has 4 nitrogen and oxygen atoms in total. The standard InChI is InChI=1S/C11H15FN2O2S/c1-16-4-5-17-7-11(15)14-10-6-8(12)2-3-9(10)13/h2-3,6H,4-5,7,13H2,1H3,(H,14,15). The highest BCUT2D eigenvalue weighted by Gasteiger charge is 2.06. The van der Waals surface area contributed by atoms with Crippen LogP contribution in [0.5, 0.6) is 0 Å². The zero-order chi connectivity index (χ0) is 12.7. The maximum Gasteiger partial charge on any atom is 0.234 e. The molecule has 3 N–H and O–H groups in total. The summed E-state index contributed by atoms with van der Waals surface area (Å²) in [5.41, 5.74) is 6.26. The third-order valence-electron chi connectivity index (χ3n) is 1.95. The molecule has 17 heavy (non-hydrogen) atoms. The number of halogens is 1. The first kappa shape index (κ1) is 13.8.